The van der Waals surface area contributed by atoms with E-state index in [0.717, 1.165) is 31.5 Å². The minimum absolute atomic E-state index is 0.0479. The number of carbonyl (C=O) groups excluding carboxylic acids is 2. The van der Waals surface area contributed by atoms with Crippen molar-refractivity contribution < 1.29 is 9.59 Å². The first-order valence-corrected chi connectivity index (χ1v) is 9.34. The highest BCUT2D eigenvalue weighted by atomic mass is 16.2. The molecule has 1 aromatic heterocycles. The molecule has 1 aromatic carbocycles. The van der Waals surface area contributed by atoms with Gasteiger partial charge in [0.2, 0.25) is 5.91 Å². The van der Waals surface area contributed by atoms with E-state index in [1.54, 1.807) is 6.20 Å². The number of hydrogen-bond donors (Lipinski definition) is 2. The van der Waals surface area contributed by atoms with E-state index in [2.05, 4.69) is 27.5 Å². The zero-order valence-corrected chi connectivity index (χ0v) is 15.7. The molecule has 1 atom stereocenters. The maximum atomic E-state index is 12.7. The van der Waals surface area contributed by atoms with Gasteiger partial charge in [-0.15, -0.1) is 0 Å². The summed E-state index contributed by atoms with van der Waals surface area (Å²) in [7, 11) is 0. The normalized spacial score (nSPS) is 16.7. The van der Waals surface area contributed by atoms with Crippen molar-refractivity contribution in [1.82, 2.24) is 14.9 Å². The molecule has 142 valence electrons. The summed E-state index contributed by atoms with van der Waals surface area (Å²) in [6, 6.07) is 7.61. The molecule has 0 aliphatic carbocycles. The summed E-state index contributed by atoms with van der Waals surface area (Å²) >= 11 is 0. The highest BCUT2D eigenvalue weighted by molar-refractivity contribution is 5.92. The molecule has 2 heterocycles. The number of piperidine rings is 1. The Morgan fingerprint density at radius 2 is 2.00 bits per heavy atom. The van der Waals surface area contributed by atoms with E-state index in [-0.39, 0.29) is 11.8 Å². The van der Waals surface area contributed by atoms with Gasteiger partial charge in [-0.1, -0.05) is 13.0 Å². The Balaban J connectivity index is 1.68. The van der Waals surface area contributed by atoms with Crippen LogP contribution in [0.15, 0.2) is 36.7 Å². The zero-order valence-electron chi connectivity index (χ0n) is 15.7. The quantitative estimate of drug-likeness (QED) is 0.843. The number of carbonyl (C=O) groups is 2. The number of hydrogen-bond acceptors (Lipinski definition) is 5. The van der Waals surface area contributed by atoms with E-state index in [0.29, 0.717) is 23.2 Å². The van der Waals surface area contributed by atoms with Gasteiger partial charge in [-0.05, 0) is 43.9 Å². The largest absolute Gasteiger partial charge is 0.339 e. The van der Waals surface area contributed by atoms with E-state index >= 15 is 0 Å². The van der Waals surface area contributed by atoms with Crippen LogP contribution < -0.4 is 10.6 Å². The third-order valence-electron chi connectivity index (χ3n) is 4.69. The molecule has 7 heteroatoms. The molecule has 0 spiro atoms. The summed E-state index contributed by atoms with van der Waals surface area (Å²) in [5.41, 5.74) is 1.84. The van der Waals surface area contributed by atoms with E-state index in [4.69, 9.17) is 0 Å². The lowest BCUT2D eigenvalue weighted by molar-refractivity contribution is -0.114. The smallest absolute Gasteiger partial charge is 0.274 e. The molecule has 1 saturated heterocycles. The number of anilines is 3. The summed E-state index contributed by atoms with van der Waals surface area (Å²) in [5, 5.41) is 5.87. The van der Waals surface area contributed by atoms with Crippen LogP contribution in [-0.2, 0) is 4.79 Å². The summed E-state index contributed by atoms with van der Waals surface area (Å²) in [4.78, 5) is 34.5. The molecule has 0 radical (unpaired) electrons. The Labute approximate surface area is 159 Å². The standard InChI is InChI=1S/C20H25N5O2/c1-3-17-9-4-5-10-25(17)20(27)18-12-22-19(13-21-18)24-16-8-6-7-15(11-16)23-14(2)26/h6-8,11-13,17H,3-5,9-10H2,1-2H3,(H,22,24)(H,23,26). The van der Waals surface area contributed by atoms with Crippen molar-refractivity contribution >= 4 is 29.0 Å². The molecule has 0 bridgehead atoms. The second-order valence-corrected chi connectivity index (χ2v) is 6.73. The number of amides is 2. The first-order valence-electron chi connectivity index (χ1n) is 9.34. The van der Waals surface area contributed by atoms with Gasteiger partial charge in [0, 0.05) is 30.9 Å². The number of aromatic nitrogens is 2. The van der Waals surface area contributed by atoms with Gasteiger partial charge in [0.15, 0.2) is 0 Å². The molecule has 1 unspecified atom stereocenters. The fourth-order valence-corrected chi connectivity index (χ4v) is 3.37. The van der Waals surface area contributed by atoms with Gasteiger partial charge in [0.25, 0.3) is 5.91 Å². The Bertz CT molecular complexity index is 806. The van der Waals surface area contributed by atoms with Crippen LogP contribution in [0.1, 0.15) is 50.0 Å². The van der Waals surface area contributed by atoms with Crippen LogP contribution >= 0.6 is 0 Å². The molecule has 1 aliphatic rings. The molecule has 3 rings (SSSR count). The first kappa shape index (κ1) is 18.8. The van der Waals surface area contributed by atoms with Crippen LogP contribution in [0, 0.1) is 0 Å². The van der Waals surface area contributed by atoms with Crippen molar-refractivity contribution in [3.05, 3.63) is 42.4 Å². The predicted octanol–water partition coefficient (Wildman–Crippen LogP) is 3.58. The van der Waals surface area contributed by atoms with E-state index in [1.807, 2.05) is 29.2 Å². The average molecular weight is 367 g/mol. The number of rotatable bonds is 5. The minimum atomic E-state index is -0.127. The second-order valence-electron chi connectivity index (χ2n) is 6.73. The molecular formula is C20H25N5O2. The highest BCUT2D eigenvalue weighted by Crippen LogP contribution is 2.22. The van der Waals surface area contributed by atoms with Crippen molar-refractivity contribution in [2.24, 2.45) is 0 Å². The third-order valence-corrected chi connectivity index (χ3v) is 4.69. The fraction of sp³-hybridized carbons (Fsp3) is 0.400. The van der Waals surface area contributed by atoms with E-state index in [9.17, 15) is 9.59 Å². The van der Waals surface area contributed by atoms with Crippen LogP contribution in [0.3, 0.4) is 0 Å². The molecule has 0 saturated carbocycles. The Morgan fingerprint density at radius 3 is 2.70 bits per heavy atom. The summed E-state index contributed by atoms with van der Waals surface area (Å²) in [5.74, 6) is 0.364. The number of nitrogens with one attached hydrogen (secondary N) is 2. The predicted molar refractivity (Wildman–Crippen MR) is 105 cm³/mol. The summed E-state index contributed by atoms with van der Waals surface area (Å²) in [6.45, 7) is 4.37. The topological polar surface area (TPSA) is 87.2 Å². The monoisotopic (exact) mass is 367 g/mol. The van der Waals surface area contributed by atoms with E-state index < -0.39 is 0 Å². The summed E-state index contributed by atoms with van der Waals surface area (Å²) < 4.78 is 0. The molecule has 7 nitrogen and oxygen atoms in total. The van der Waals surface area contributed by atoms with Crippen LogP contribution in [0.4, 0.5) is 17.2 Å². The van der Waals surface area contributed by atoms with Gasteiger partial charge in [-0.3, -0.25) is 9.59 Å². The molecular weight excluding hydrogens is 342 g/mol. The lowest BCUT2D eigenvalue weighted by Crippen LogP contribution is -2.43. The van der Waals surface area contributed by atoms with Crippen LogP contribution in [0.2, 0.25) is 0 Å². The Kier molecular flexibility index (Phi) is 6.01. The van der Waals surface area contributed by atoms with Crippen molar-refractivity contribution in [2.75, 3.05) is 17.2 Å². The van der Waals surface area contributed by atoms with Crippen LogP contribution in [-0.4, -0.2) is 39.3 Å². The average Bonchev–Trinajstić information content (AvgIpc) is 2.68. The molecule has 2 N–H and O–H groups in total. The van der Waals surface area contributed by atoms with Crippen molar-refractivity contribution in [1.29, 1.82) is 0 Å². The minimum Gasteiger partial charge on any atom is -0.339 e. The molecule has 27 heavy (non-hydrogen) atoms. The molecule has 1 fully saturated rings. The van der Waals surface area contributed by atoms with Gasteiger partial charge in [-0.25, -0.2) is 9.97 Å². The molecule has 2 amide bonds. The maximum Gasteiger partial charge on any atom is 0.274 e. The lowest BCUT2D eigenvalue weighted by Gasteiger charge is -2.34. The van der Waals surface area contributed by atoms with E-state index in [1.165, 1.54) is 19.5 Å². The number of nitrogens with zero attached hydrogens (tertiary/aromatic N) is 3. The highest BCUT2D eigenvalue weighted by Gasteiger charge is 2.27. The van der Waals surface area contributed by atoms with Gasteiger partial charge < -0.3 is 15.5 Å². The van der Waals surface area contributed by atoms with Crippen LogP contribution in [0.5, 0.6) is 0 Å². The number of likely N-dealkylation sites (tertiary alicyclic amines) is 1. The maximum absolute atomic E-state index is 12.7. The summed E-state index contributed by atoms with van der Waals surface area (Å²) in [6.07, 6.45) is 7.31. The SMILES string of the molecule is CCC1CCCCN1C(=O)c1cnc(Nc2cccc(NC(C)=O)c2)cn1. The first-order chi connectivity index (χ1) is 13.1. The van der Waals surface area contributed by atoms with Crippen molar-refractivity contribution in [3.8, 4) is 0 Å². The van der Waals surface area contributed by atoms with Crippen molar-refractivity contribution in [2.45, 2.75) is 45.6 Å². The van der Waals surface area contributed by atoms with Crippen LogP contribution in [0.25, 0.3) is 0 Å². The van der Waals surface area contributed by atoms with Gasteiger partial charge in [0.1, 0.15) is 11.5 Å². The van der Waals surface area contributed by atoms with Gasteiger partial charge >= 0.3 is 0 Å². The number of benzene rings is 1. The Hall–Kier alpha value is -2.96. The molecule has 1 aliphatic heterocycles. The second kappa shape index (κ2) is 8.62. The third kappa shape index (κ3) is 4.81. The van der Waals surface area contributed by atoms with Gasteiger partial charge in [-0.2, -0.15) is 0 Å². The van der Waals surface area contributed by atoms with Crippen molar-refractivity contribution in [3.63, 3.8) is 0 Å². The Morgan fingerprint density at radius 1 is 1.19 bits per heavy atom. The zero-order chi connectivity index (χ0) is 19.2. The molecule has 2 aromatic rings. The lowest BCUT2D eigenvalue weighted by atomic mass is 10.00. The van der Waals surface area contributed by atoms with Gasteiger partial charge in [0.05, 0.1) is 12.4 Å². The fourth-order valence-electron chi connectivity index (χ4n) is 3.37.